The maximum absolute atomic E-state index is 11.8. The molecule has 3 rings (SSSR count). The third kappa shape index (κ3) is 5.65. The maximum Gasteiger partial charge on any atom is 0.331 e. The molecule has 0 unspecified atom stereocenters. The number of nitrogens with zero attached hydrogens (tertiary/aromatic N) is 1. The molecule has 1 heterocycles. The molecule has 1 N–H and O–H groups in total. The molecule has 0 radical (unpaired) electrons. The number of ether oxygens (including phenoxy) is 2. The van der Waals surface area contributed by atoms with E-state index in [1.807, 2.05) is 48.5 Å². The topological polar surface area (TPSA) is 77.5 Å². The second kappa shape index (κ2) is 9.66. The van der Waals surface area contributed by atoms with Gasteiger partial charge in [0.1, 0.15) is 10.8 Å². The molecule has 0 saturated carbocycles. The number of nitrogens with one attached hydrogen (secondary N) is 1. The van der Waals surface area contributed by atoms with E-state index in [-0.39, 0.29) is 12.5 Å². The normalized spacial score (nSPS) is 10.9. The van der Waals surface area contributed by atoms with Crippen molar-refractivity contribution in [1.82, 2.24) is 10.3 Å². The number of para-hydroxylation sites is 1. The van der Waals surface area contributed by atoms with E-state index in [1.54, 1.807) is 13.2 Å². The summed E-state index contributed by atoms with van der Waals surface area (Å²) in [5.41, 5.74) is 1.97. The molecule has 0 atom stereocenters. The van der Waals surface area contributed by atoms with Crippen LogP contribution in [0.25, 0.3) is 16.3 Å². The first kappa shape index (κ1) is 19.6. The molecule has 2 aromatic carbocycles. The van der Waals surface area contributed by atoms with Crippen LogP contribution < -0.4 is 10.1 Å². The van der Waals surface area contributed by atoms with Gasteiger partial charge in [-0.1, -0.05) is 24.3 Å². The molecule has 0 fully saturated rings. The van der Waals surface area contributed by atoms with Gasteiger partial charge in [-0.05, 0) is 42.3 Å². The lowest BCUT2D eigenvalue weighted by atomic mass is 10.1. The Morgan fingerprint density at radius 1 is 1.14 bits per heavy atom. The molecule has 144 valence electrons. The number of hydrogen-bond acceptors (Lipinski definition) is 6. The van der Waals surface area contributed by atoms with Gasteiger partial charge >= 0.3 is 5.97 Å². The Bertz CT molecular complexity index is 946. The summed E-state index contributed by atoms with van der Waals surface area (Å²) in [5.74, 6) is -0.126. The Kier molecular flexibility index (Phi) is 6.75. The third-order valence-corrected chi connectivity index (χ3v) is 4.91. The number of thiazole rings is 1. The Balaban J connectivity index is 1.38. The van der Waals surface area contributed by atoms with Gasteiger partial charge in [0, 0.05) is 12.6 Å². The predicted octanol–water partition coefficient (Wildman–Crippen LogP) is 3.22. The summed E-state index contributed by atoms with van der Waals surface area (Å²) >= 11 is 1.48. The zero-order valence-electron chi connectivity index (χ0n) is 15.4. The van der Waals surface area contributed by atoms with Gasteiger partial charge in [0.25, 0.3) is 5.91 Å². The molecule has 3 aromatic rings. The number of carbonyl (C=O) groups excluding carboxylic acids is 2. The molecule has 6 nitrogen and oxygen atoms in total. The summed E-state index contributed by atoms with van der Waals surface area (Å²) < 4.78 is 11.1. The van der Waals surface area contributed by atoms with Crippen molar-refractivity contribution in [3.05, 3.63) is 65.2 Å². The van der Waals surface area contributed by atoms with Gasteiger partial charge in [0.15, 0.2) is 6.61 Å². The quantitative estimate of drug-likeness (QED) is 0.467. The minimum Gasteiger partial charge on any atom is -0.497 e. The number of esters is 1. The fourth-order valence-corrected chi connectivity index (χ4v) is 3.35. The summed E-state index contributed by atoms with van der Waals surface area (Å²) in [5, 5.41) is 3.44. The van der Waals surface area contributed by atoms with E-state index in [4.69, 9.17) is 9.47 Å². The Hall–Kier alpha value is -3.19. The molecule has 0 spiro atoms. The first-order valence-corrected chi connectivity index (χ1v) is 9.56. The predicted molar refractivity (Wildman–Crippen MR) is 109 cm³/mol. The number of methoxy groups -OCH3 is 1. The SMILES string of the molecule is COc1ccc(CCNC(=O)COC(=O)/C=C/c2nc3ccccc3s2)cc1. The lowest BCUT2D eigenvalue weighted by Gasteiger charge is -2.06. The Labute approximate surface area is 166 Å². The number of benzene rings is 2. The standard InChI is InChI=1S/C21H20N2O4S/c1-26-16-8-6-15(7-9-16)12-13-22-19(24)14-27-21(25)11-10-20-23-17-4-2-3-5-18(17)28-20/h2-11H,12-14H2,1H3,(H,22,24)/b11-10+. The molecule has 28 heavy (non-hydrogen) atoms. The summed E-state index contributed by atoms with van der Waals surface area (Å²) in [6.07, 6.45) is 3.55. The van der Waals surface area contributed by atoms with E-state index in [0.29, 0.717) is 18.0 Å². The Morgan fingerprint density at radius 3 is 2.68 bits per heavy atom. The molecule has 0 saturated heterocycles. The van der Waals surface area contributed by atoms with E-state index in [2.05, 4.69) is 10.3 Å². The van der Waals surface area contributed by atoms with E-state index in [9.17, 15) is 9.59 Å². The van der Waals surface area contributed by atoms with Crippen LogP contribution in [0.2, 0.25) is 0 Å². The lowest BCUT2D eigenvalue weighted by molar-refractivity contribution is -0.143. The smallest absolute Gasteiger partial charge is 0.331 e. The molecule has 0 aliphatic carbocycles. The van der Waals surface area contributed by atoms with Crippen LogP contribution in [0, 0.1) is 0 Å². The molecular formula is C21H20N2O4S. The molecule has 0 aliphatic heterocycles. The van der Waals surface area contributed by atoms with Gasteiger partial charge in [-0.2, -0.15) is 0 Å². The zero-order chi connectivity index (χ0) is 19.8. The van der Waals surface area contributed by atoms with Crippen LogP contribution in [-0.4, -0.2) is 37.1 Å². The van der Waals surface area contributed by atoms with Crippen molar-refractivity contribution in [2.75, 3.05) is 20.3 Å². The average Bonchev–Trinajstić information content (AvgIpc) is 3.14. The van der Waals surface area contributed by atoms with Crippen LogP contribution in [0.4, 0.5) is 0 Å². The van der Waals surface area contributed by atoms with E-state index in [0.717, 1.165) is 21.5 Å². The molecule has 0 aliphatic rings. The minimum atomic E-state index is -0.579. The van der Waals surface area contributed by atoms with Crippen molar-refractivity contribution in [2.24, 2.45) is 0 Å². The van der Waals surface area contributed by atoms with Crippen molar-refractivity contribution in [2.45, 2.75) is 6.42 Å². The van der Waals surface area contributed by atoms with Crippen LogP contribution in [0.15, 0.2) is 54.6 Å². The molecule has 0 bridgehead atoms. The first-order valence-electron chi connectivity index (χ1n) is 8.74. The van der Waals surface area contributed by atoms with Gasteiger partial charge in [-0.15, -0.1) is 11.3 Å². The van der Waals surface area contributed by atoms with E-state index >= 15 is 0 Å². The van der Waals surface area contributed by atoms with Crippen LogP contribution >= 0.6 is 11.3 Å². The molecular weight excluding hydrogens is 376 g/mol. The first-order chi connectivity index (χ1) is 13.6. The maximum atomic E-state index is 11.8. The van der Waals surface area contributed by atoms with Gasteiger partial charge in [-0.25, -0.2) is 9.78 Å². The van der Waals surface area contributed by atoms with Gasteiger partial charge in [0.05, 0.1) is 17.3 Å². The number of rotatable bonds is 8. The number of fused-ring (bicyclic) bond motifs is 1. The molecule has 1 amide bonds. The number of aromatic nitrogens is 1. The highest BCUT2D eigenvalue weighted by Crippen LogP contribution is 2.22. The summed E-state index contributed by atoms with van der Waals surface area (Å²) in [6.45, 7) is 0.149. The second-order valence-electron chi connectivity index (χ2n) is 5.91. The number of hydrogen-bond donors (Lipinski definition) is 1. The van der Waals surface area contributed by atoms with Gasteiger partial charge in [0.2, 0.25) is 0 Å². The van der Waals surface area contributed by atoms with Crippen LogP contribution in [0.5, 0.6) is 5.75 Å². The fraction of sp³-hybridized carbons (Fsp3) is 0.190. The van der Waals surface area contributed by atoms with Crippen molar-refractivity contribution in [1.29, 1.82) is 0 Å². The lowest BCUT2D eigenvalue weighted by Crippen LogP contribution is -2.30. The number of carbonyl (C=O) groups is 2. The van der Waals surface area contributed by atoms with Crippen molar-refractivity contribution in [3.8, 4) is 5.75 Å². The summed E-state index contributed by atoms with van der Waals surface area (Å²) in [6, 6.07) is 15.4. The van der Waals surface area contributed by atoms with Crippen molar-refractivity contribution >= 4 is 39.5 Å². The van der Waals surface area contributed by atoms with E-state index in [1.165, 1.54) is 17.4 Å². The highest BCUT2D eigenvalue weighted by Gasteiger charge is 2.06. The van der Waals surface area contributed by atoms with Crippen LogP contribution in [0.1, 0.15) is 10.6 Å². The average molecular weight is 396 g/mol. The summed E-state index contributed by atoms with van der Waals surface area (Å²) in [7, 11) is 1.62. The van der Waals surface area contributed by atoms with Gasteiger partial charge in [-0.3, -0.25) is 4.79 Å². The molecule has 1 aromatic heterocycles. The largest absolute Gasteiger partial charge is 0.497 e. The second-order valence-corrected chi connectivity index (χ2v) is 6.97. The van der Waals surface area contributed by atoms with Crippen molar-refractivity contribution in [3.63, 3.8) is 0 Å². The van der Waals surface area contributed by atoms with E-state index < -0.39 is 5.97 Å². The zero-order valence-corrected chi connectivity index (χ0v) is 16.2. The third-order valence-electron chi connectivity index (χ3n) is 3.91. The highest BCUT2D eigenvalue weighted by atomic mass is 32.1. The monoisotopic (exact) mass is 396 g/mol. The Morgan fingerprint density at radius 2 is 1.93 bits per heavy atom. The molecule has 7 heteroatoms. The fourth-order valence-electron chi connectivity index (χ4n) is 2.47. The van der Waals surface area contributed by atoms with Crippen molar-refractivity contribution < 1.29 is 19.1 Å². The van der Waals surface area contributed by atoms with Crippen LogP contribution in [-0.2, 0) is 20.7 Å². The minimum absolute atomic E-state index is 0.314. The van der Waals surface area contributed by atoms with Gasteiger partial charge < -0.3 is 14.8 Å². The van der Waals surface area contributed by atoms with Crippen LogP contribution in [0.3, 0.4) is 0 Å². The number of amides is 1. The highest BCUT2D eigenvalue weighted by molar-refractivity contribution is 7.19. The summed E-state index contributed by atoms with van der Waals surface area (Å²) in [4.78, 5) is 28.0.